The Hall–Kier alpha value is -2.34. The van der Waals surface area contributed by atoms with Gasteiger partial charge >= 0.3 is 0 Å². The fraction of sp³-hybridized carbons (Fsp3) is 0.444. The molecule has 0 spiro atoms. The molecule has 1 aliphatic heterocycles. The van der Waals surface area contributed by atoms with Gasteiger partial charge in [-0.1, -0.05) is 6.07 Å². The Kier molecular flexibility index (Phi) is 5.48. The topological polar surface area (TPSA) is 65.4 Å². The summed E-state index contributed by atoms with van der Waals surface area (Å²) in [5.41, 5.74) is 0.595. The van der Waals surface area contributed by atoms with Crippen LogP contribution in [0.15, 0.2) is 43.0 Å². The summed E-state index contributed by atoms with van der Waals surface area (Å²) in [6, 6.07) is 7.26. The molecule has 2 atom stereocenters. The smallest absolute Gasteiger partial charge is 0.251 e. The van der Waals surface area contributed by atoms with Gasteiger partial charge in [0.05, 0.1) is 12.4 Å². The number of rotatable bonds is 7. The van der Waals surface area contributed by atoms with Crippen molar-refractivity contribution in [1.82, 2.24) is 14.9 Å². The molecule has 2 heterocycles. The van der Waals surface area contributed by atoms with Crippen molar-refractivity contribution in [3.63, 3.8) is 0 Å². The molecule has 1 fully saturated rings. The van der Waals surface area contributed by atoms with Gasteiger partial charge in [-0.2, -0.15) is 0 Å². The number of carbonyl (C=O) groups excluding carboxylic acids is 1. The van der Waals surface area contributed by atoms with Gasteiger partial charge in [-0.15, -0.1) is 0 Å². The number of amides is 1. The predicted molar refractivity (Wildman–Crippen MR) is 90.1 cm³/mol. The first-order chi connectivity index (χ1) is 11.7. The van der Waals surface area contributed by atoms with Gasteiger partial charge in [0.25, 0.3) is 5.91 Å². The highest BCUT2D eigenvalue weighted by molar-refractivity contribution is 5.94. The Morgan fingerprint density at radius 2 is 2.46 bits per heavy atom. The summed E-state index contributed by atoms with van der Waals surface area (Å²) in [4.78, 5) is 16.4. The summed E-state index contributed by atoms with van der Waals surface area (Å²) in [5, 5.41) is 2.99. The number of aromatic nitrogens is 2. The van der Waals surface area contributed by atoms with Crippen molar-refractivity contribution in [2.45, 2.75) is 38.5 Å². The van der Waals surface area contributed by atoms with E-state index in [0.717, 1.165) is 19.4 Å². The van der Waals surface area contributed by atoms with Crippen LogP contribution in [0.25, 0.3) is 0 Å². The normalized spacial score (nSPS) is 18.3. The van der Waals surface area contributed by atoms with E-state index in [1.807, 2.05) is 29.8 Å². The maximum atomic E-state index is 12.4. The molecule has 1 aromatic heterocycles. The molecule has 6 heteroatoms. The van der Waals surface area contributed by atoms with Crippen molar-refractivity contribution in [2.75, 3.05) is 13.2 Å². The minimum atomic E-state index is -0.106. The quantitative estimate of drug-likeness (QED) is 0.846. The number of ether oxygens (including phenoxy) is 2. The molecule has 6 nitrogen and oxygen atoms in total. The zero-order chi connectivity index (χ0) is 16.8. The van der Waals surface area contributed by atoms with Crippen LogP contribution in [-0.2, 0) is 11.3 Å². The fourth-order valence-corrected chi connectivity index (χ4v) is 2.76. The van der Waals surface area contributed by atoms with E-state index in [4.69, 9.17) is 9.47 Å². The first kappa shape index (κ1) is 16.5. The molecule has 1 N–H and O–H groups in total. The minimum absolute atomic E-state index is 0.00293. The molecule has 0 unspecified atom stereocenters. The summed E-state index contributed by atoms with van der Waals surface area (Å²) in [7, 11) is 0. The van der Waals surface area contributed by atoms with Crippen molar-refractivity contribution in [1.29, 1.82) is 0 Å². The average molecular weight is 329 g/mol. The van der Waals surface area contributed by atoms with E-state index < -0.39 is 0 Å². The van der Waals surface area contributed by atoms with Crippen LogP contribution >= 0.6 is 0 Å². The Morgan fingerprint density at radius 3 is 3.21 bits per heavy atom. The number of hydrogen-bond acceptors (Lipinski definition) is 4. The molecule has 3 rings (SSSR count). The summed E-state index contributed by atoms with van der Waals surface area (Å²) in [6.07, 6.45) is 7.63. The van der Waals surface area contributed by atoms with E-state index in [2.05, 4.69) is 10.3 Å². The first-order valence-electron chi connectivity index (χ1n) is 8.32. The standard InChI is InChI=1S/C18H23N3O3/c1-14(11-21-8-7-19-13-21)20-18(22)15-4-2-5-16(10-15)24-12-17-6-3-9-23-17/h2,4-5,7-8,10,13-14,17H,3,6,9,11-12H2,1H3,(H,20,22)/t14-,17-/m0/s1. The van der Waals surface area contributed by atoms with Gasteiger partial charge < -0.3 is 19.4 Å². The van der Waals surface area contributed by atoms with E-state index in [1.165, 1.54) is 0 Å². The highest BCUT2D eigenvalue weighted by Gasteiger charge is 2.16. The number of imidazole rings is 1. The molecular formula is C18H23N3O3. The number of hydrogen-bond donors (Lipinski definition) is 1. The van der Waals surface area contributed by atoms with Crippen LogP contribution in [0.5, 0.6) is 5.75 Å². The van der Waals surface area contributed by atoms with E-state index in [9.17, 15) is 4.79 Å². The van der Waals surface area contributed by atoms with Gasteiger partial charge in [0.2, 0.25) is 0 Å². The van der Waals surface area contributed by atoms with Crippen molar-refractivity contribution >= 4 is 5.91 Å². The Bertz CT molecular complexity index is 651. The van der Waals surface area contributed by atoms with Crippen LogP contribution in [0.1, 0.15) is 30.1 Å². The van der Waals surface area contributed by atoms with Crippen LogP contribution in [0.2, 0.25) is 0 Å². The van der Waals surface area contributed by atoms with E-state index in [-0.39, 0.29) is 18.1 Å². The van der Waals surface area contributed by atoms with Gasteiger partial charge in [0.15, 0.2) is 0 Å². The molecule has 128 valence electrons. The zero-order valence-electron chi connectivity index (χ0n) is 13.9. The SMILES string of the molecule is C[C@@H](Cn1ccnc1)NC(=O)c1cccc(OC[C@@H]2CCCO2)c1. The van der Waals surface area contributed by atoms with Gasteiger partial charge in [0, 0.05) is 37.2 Å². The largest absolute Gasteiger partial charge is 0.491 e. The second kappa shape index (κ2) is 7.97. The van der Waals surface area contributed by atoms with Crippen molar-refractivity contribution in [3.05, 3.63) is 48.5 Å². The average Bonchev–Trinajstić information content (AvgIpc) is 3.26. The van der Waals surface area contributed by atoms with E-state index >= 15 is 0 Å². The molecule has 0 bridgehead atoms. The third-order valence-corrected chi connectivity index (χ3v) is 3.98. The van der Waals surface area contributed by atoms with Gasteiger partial charge in [-0.25, -0.2) is 4.98 Å². The maximum Gasteiger partial charge on any atom is 0.251 e. The Morgan fingerprint density at radius 1 is 1.54 bits per heavy atom. The zero-order valence-corrected chi connectivity index (χ0v) is 13.9. The predicted octanol–water partition coefficient (Wildman–Crippen LogP) is 2.26. The van der Waals surface area contributed by atoms with Crippen molar-refractivity contribution in [2.24, 2.45) is 0 Å². The summed E-state index contributed by atoms with van der Waals surface area (Å²) >= 11 is 0. The second-order valence-corrected chi connectivity index (χ2v) is 6.11. The molecule has 1 saturated heterocycles. The number of nitrogens with zero attached hydrogens (tertiary/aromatic N) is 2. The number of carbonyl (C=O) groups is 1. The lowest BCUT2D eigenvalue weighted by atomic mass is 10.2. The highest BCUT2D eigenvalue weighted by Crippen LogP contribution is 2.17. The lowest BCUT2D eigenvalue weighted by Crippen LogP contribution is -2.35. The number of benzene rings is 1. The Balaban J connectivity index is 1.53. The highest BCUT2D eigenvalue weighted by atomic mass is 16.5. The first-order valence-corrected chi connectivity index (χ1v) is 8.32. The third kappa shape index (κ3) is 4.58. The Labute approximate surface area is 141 Å². The molecule has 1 amide bonds. The molecule has 0 aliphatic carbocycles. The van der Waals surface area contributed by atoms with Gasteiger partial charge in [0.1, 0.15) is 12.4 Å². The molecule has 1 aromatic carbocycles. The monoisotopic (exact) mass is 329 g/mol. The summed E-state index contributed by atoms with van der Waals surface area (Å²) < 4.78 is 13.2. The molecule has 0 saturated carbocycles. The van der Waals surface area contributed by atoms with Crippen molar-refractivity contribution < 1.29 is 14.3 Å². The van der Waals surface area contributed by atoms with Gasteiger partial charge in [-0.05, 0) is 38.0 Å². The van der Waals surface area contributed by atoms with Gasteiger partial charge in [-0.3, -0.25) is 4.79 Å². The summed E-state index contributed by atoms with van der Waals surface area (Å²) in [6.45, 7) is 3.99. The molecular weight excluding hydrogens is 306 g/mol. The van der Waals surface area contributed by atoms with E-state index in [1.54, 1.807) is 24.7 Å². The second-order valence-electron chi connectivity index (χ2n) is 6.11. The number of nitrogens with one attached hydrogen (secondary N) is 1. The third-order valence-electron chi connectivity index (χ3n) is 3.98. The van der Waals surface area contributed by atoms with E-state index in [0.29, 0.717) is 24.5 Å². The lowest BCUT2D eigenvalue weighted by Gasteiger charge is -2.15. The van der Waals surface area contributed by atoms with Crippen LogP contribution in [0.4, 0.5) is 0 Å². The minimum Gasteiger partial charge on any atom is -0.491 e. The maximum absolute atomic E-state index is 12.4. The van der Waals surface area contributed by atoms with Crippen LogP contribution < -0.4 is 10.1 Å². The fourth-order valence-electron chi connectivity index (χ4n) is 2.76. The van der Waals surface area contributed by atoms with Crippen LogP contribution in [0, 0.1) is 0 Å². The van der Waals surface area contributed by atoms with Crippen LogP contribution in [-0.4, -0.2) is 40.8 Å². The van der Waals surface area contributed by atoms with Crippen LogP contribution in [0.3, 0.4) is 0 Å². The lowest BCUT2D eigenvalue weighted by molar-refractivity contribution is 0.0679. The molecule has 1 aliphatic rings. The molecule has 24 heavy (non-hydrogen) atoms. The molecule has 0 radical (unpaired) electrons. The molecule has 2 aromatic rings. The summed E-state index contributed by atoms with van der Waals surface area (Å²) in [5.74, 6) is 0.589. The van der Waals surface area contributed by atoms with Crippen molar-refractivity contribution in [3.8, 4) is 5.75 Å².